The van der Waals surface area contributed by atoms with E-state index in [4.69, 9.17) is 0 Å². The molecule has 0 fully saturated rings. The maximum Gasteiger partial charge on any atom is 0.264 e. The van der Waals surface area contributed by atoms with Crippen LogP contribution < -0.4 is 4.31 Å². The minimum Gasteiger partial charge on any atom is -0.267 e. The molecule has 0 aliphatic carbocycles. The molecule has 0 N–H and O–H groups in total. The van der Waals surface area contributed by atoms with E-state index in [1.807, 2.05) is 71.9 Å². The third kappa shape index (κ3) is 3.13. The van der Waals surface area contributed by atoms with Crippen molar-refractivity contribution in [3.8, 4) is 0 Å². The molecule has 0 atom stereocenters. The molecule has 0 unspecified atom stereocenters. The second-order valence-electron chi connectivity index (χ2n) is 6.10. The highest BCUT2D eigenvalue weighted by molar-refractivity contribution is 7.93. The lowest BCUT2D eigenvalue weighted by molar-refractivity contribution is 0.590. The summed E-state index contributed by atoms with van der Waals surface area (Å²) in [7, 11) is -3.59. The number of sulfonamides is 1. The van der Waals surface area contributed by atoms with Crippen LogP contribution in [0.15, 0.2) is 35.2 Å². The molecule has 0 saturated carbocycles. The van der Waals surface area contributed by atoms with Crippen LogP contribution in [-0.2, 0) is 10.0 Å². The zero-order chi connectivity index (χ0) is 17.4. The average molecular weight is 331 g/mol. The molecule has 0 radical (unpaired) electrons. The molecule has 0 bridgehead atoms. The van der Waals surface area contributed by atoms with Crippen LogP contribution in [0.3, 0.4) is 0 Å². The maximum absolute atomic E-state index is 13.3. The Hall–Kier alpha value is -1.81. The van der Waals surface area contributed by atoms with E-state index in [9.17, 15) is 8.42 Å². The Balaban J connectivity index is 2.71. The van der Waals surface area contributed by atoms with Gasteiger partial charge in [-0.3, -0.25) is 4.31 Å². The second-order valence-corrected chi connectivity index (χ2v) is 7.90. The molecule has 124 valence electrons. The summed E-state index contributed by atoms with van der Waals surface area (Å²) < 4.78 is 28.2. The molecule has 2 rings (SSSR count). The molecule has 0 spiro atoms. The van der Waals surface area contributed by atoms with Crippen molar-refractivity contribution in [1.29, 1.82) is 0 Å². The summed E-state index contributed by atoms with van der Waals surface area (Å²) in [4.78, 5) is 0.443. The summed E-state index contributed by atoms with van der Waals surface area (Å²) in [5.74, 6) is 0. The van der Waals surface area contributed by atoms with Crippen molar-refractivity contribution in [2.24, 2.45) is 0 Å². The Morgan fingerprint density at radius 2 is 1.48 bits per heavy atom. The third-order valence-electron chi connectivity index (χ3n) is 4.42. The van der Waals surface area contributed by atoms with Crippen molar-refractivity contribution in [1.82, 2.24) is 0 Å². The molecule has 2 aromatic rings. The first-order valence-corrected chi connectivity index (χ1v) is 9.31. The number of nitrogens with zero attached hydrogens (tertiary/aromatic N) is 1. The highest BCUT2D eigenvalue weighted by Crippen LogP contribution is 2.31. The van der Waals surface area contributed by atoms with Crippen molar-refractivity contribution >= 4 is 15.7 Å². The molecule has 0 amide bonds. The van der Waals surface area contributed by atoms with Crippen molar-refractivity contribution in [2.75, 3.05) is 10.8 Å². The number of aryl methyl sites for hydroxylation is 3. The summed E-state index contributed by atoms with van der Waals surface area (Å²) in [6.07, 6.45) is 0. The lowest BCUT2D eigenvalue weighted by Gasteiger charge is -2.26. The summed E-state index contributed by atoms with van der Waals surface area (Å²) in [6.45, 7) is 11.9. The Morgan fingerprint density at radius 1 is 0.913 bits per heavy atom. The lowest BCUT2D eigenvalue weighted by atomic mass is 10.0. The van der Waals surface area contributed by atoms with Gasteiger partial charge in [0.05, 0.1) is 10.6 Å². The van der Waals surface area contributed by atoms with Crippen LogP contribution in [-0.4, -0.2) is 15.0 Å². The summed E-state index contributed by atoms with van der Waals surface area (Å²) in [6, 6.07) is 9.67. The molecular formula is C19H25NO2S. The van der Waals surface area contributed by atoms with E-state index in [-0.39, 0.29) is 0 Å². The van der Waals surface area contributed by atoms with Crippen molar-refractivity contribution in [3.63, 3.8) is 0 Å². The second kappa shape index (κ2) is 6.36. The highest BCUT2D eigenvalue weighted by atomic mass is 32.2. The van der Waals surface area contributed by atoms with E-state index in [2.05, 4.69) is 0 Å². The highest BCUT2D eigenvalue weighted by Gasteiger charge is 2.28. The molecule has 0 saturated heterocycles. The summed E-state index contributed by atoms with van der Waals surface area (Å²) in [5, 5.41) is 0. The average Bonchev–Trinajstić information content (AvgIpc) is 2.45. The zero-order valence-electron chi connectivity index (χ0n) is 14.8. The van der Waals surface area contributed by atoms with Crippen molar-refractivity contribution < 1.29 is 8.42 Å². The topological polar surface area (TPSA) is 37.4 Å². The third-order valence-corrected chi connectivity index (χ3v) is 6.60. The van der Waals surface area contributed by atoms with Crippen LogP contribution in [0.1, 0.15) is 34.7 Å². The van der Waals surface area contributed by atoms with Gasteiger partial charge in [-0.1, -0.05) is 18.2 Å². The van der Waals surface area contributed by atoms with Gasteiger partial charge in [0.2, 0.25) is 0 Å². The lowest BCUT2D eigenvalue weighted by Crippen LogP contribution is -2.32. The van der Waals surface area contributed by atoms with Crippen LogP contribution >= 0.6 is 0 Å². The standard InChI is InChI=1S/C19H25NO2S/c1-7-20(18-10-8-9-13(2)11-18)23(21,22)19-16(5)14(3)12-15(4)17(19)6/h8-12H,7H2,1-6H3. The minimum atomic E-state index is -3.59. The summed E-state index contributed by atoms with van der Waals surface area (Å²) >= 11 is 0. The number of hydrogen-bond acceptors (Lipinski definition) is 2. The van der Waals surface area contributed by atoms with Crippen molar-refractivity contribution in [2.45, 2.75) is 46.4 Å². The minimum absolute atomic E-state index is 0.400. The largest absolute Gasteiger partial charge is 0.267 e. The first-order valence-electron chi connectivity index (χ1n) is 7.87. The van der Waals surface area contributed by atoms with E-state index >= 15 is 0 Å². The van der Waals surface area contributed by atoms with Gasteiger partial charge in [-0.05, 0) is 81.5 Å². The van der Waals surface area contributed by atoms with Gasteiger partial charge in [0.1, 0.15) is 0 Å². The van der Waals surface area contributed by atoms with E-state index in [1.165, 1.54) is 4.31 Å². The van der Waals surface area contributed by atoms with Crippen LogP contribution in [0.25, 0.3) is 0 Å². The van der Waals surface area contributed by atoms with Crippen LogP contribution in [0, 0.1) is 34.6 Å². The Kier molecular flexibility index (Phi) is 4.85. The van der Waals surface area contributed by atoms with E-state index in [1.54, 1.807) is 0 Å². The first-order chi connectivity index (χ1) is 10.7. The van der Waals surface area contributed by atoms with Gasteiger partial charge in [-0.2, -0.15) is 0 Å². The molecular weight excluding hydrogens is 306 g/mol. The summed E-state index contributed by atoms with van der Waals surface area (Å²) in [5.41, 5.74) is 5.44. The first kappa shape index (κ1) is 17.5. The molecule has 2 aromatic carbocycles. The number of benzene rings is 2. The predicted molar refractivity (Wildman–Crippen MR) is 96.8 cm³/mol. The molecule has 0 aliphatic heterocycles. The van der Waals surface area contributed by atoms with Crippen molar-refractivity contribution in [3.05, 3.63) is 58.1 Å². The SMILES string of the molecule is CCN(c1cccc(C)c1)S(=O)(=O)c1c(C)c(C)cc(C)c1C. The fourth-order valence-electron chi connectivity index (χ4n) is 2.95. The van der Waals surface area contributed by atoms with Crippen LogP contribution in [0.2, 0.25) is 0 Å². The molecule has 4 heteroatoms. The van der Waals surface area contributed by atoms with Gasteiger partial charge in [-0.15, -0.1) is 0 Å². The van der Waals surface area contributed by atoms with E-state index in [0.717, 1.165) is 27.8 Å². The molecule has 0 aromatic heterocycles. The Labute approximate surface area is 140 Å². The normalized spacial score (nSPS) is 11.6. The zero-order valence-corrected chi connectivity index (χ0v) is 15.6. The van der Waals surface area contributed by atoms with Crippen LogP contribution in [0.4, 0.5) is 5.69 Å². The van der Waals surface area contributed by atoms with E-state index < -0.39 is 10.0 Å². The fourth-order valence-corrected chi connectivity index (χ4v) is 5.00. The molecule has 3 nitrogen and oxygen atoms in total. The molecule has 0 heterocycles. The van der Waals surface area contributed by atoms with Gasteiger partial charge in [0.25, 0.3) is 10.0 Å². The number of anilines is 1. The number of hydrogen-bond donors (Lipinski definition) is 0. The maximum atomic E-state index is 13.3. The van der Waals surface area contributed by atoms with Gasteiger partial charge in [0, 0.05) is 6.54 Å². The smallest absolute Gasteiger partial charge is 0.264 e. The van der Waals surface area contributed by atoms with E-state index in [0.29, 0.717) is 17.1 Å². The fraction of sp³-hybridized carbons (Fsp3) is 0.368. The molecule has 0 aliphatic rings. The Bertz CT molecular complexity index is 812. The monoisotopic (exact) mass is 331 g/mol. The van der Waals surface area contributed by atoms with Gasteiger partial charge in [0.15, 0.2) is 0 Å². The predicted octanol–water partition coefficient (Wildman–Crippen LogP) is 4.44. The van der Waals surface area contributed by atoms with Gasteiger partial charge < -0.3 is 0 Å². The quantitative estimate of drug-likeness (QED) is 0.830. The Morgan fingerprint density at radius 3 is 1.96 bits per heavy atom. The number of rotatable bonds is 4. The van der Waals surface area contributed by atoms with Gasteiger partial charge in [-0.25, -0.2) is 8.42 Å². The molecule has 23 heavy (non-hydrogen) atoms. The van der Waals surface area contributed by atoms with Crippen LogP contribution in [0.5, 0.6) is 0 Å². The van der Waals surface area contributed by atoms with Gasteiger partial charge >= 0.3 is 0 Å².